The van der Waals surface area contributed by atoms with Crippen molar-refractivity contribution in [3.05, 3.63) is 35.3 Å². The molecule has 2 aromatic heterocycles. The number of carbonyl (C=O) groups excluding carboxylic acids is 1. The third-order valence-corrected chi connectivity index (χ3v) is 6.14. The molecule has 0 atom stereocenters. The highest BCUT2D eigenvalue weighted by Crippen LogP contribution is 2.48. The van der Waals surface area contributed by atoms with E-state index in [0.717, 1.165) is 16.9 Å². The highest BCUT2D eigenvalue weighted by Gasteiger charge is 2.49. The Morgan fingerprint density at radius 1 is 1.28 bits per heavy atom. The average Bonchev–Trinajstić information content (AvgIpc) is 3.40. The van der Waals surface area contributed by atoms with E-state index < -0.39 is 69.0 Å². The molecule has 32 heavy (non-hydrogen) atoms. The monoisotopic (exact) mass is 479 g/mol. The molecule has 4 rings (SSSR count). The van der Waals surface area contributed by atoms with Crippen LogP contribution >= 0.6 is 0 Å². The van der Waals surface area contributed by atoms with E-state index in [1.165, 1.54) is 6.07 Å². The first-order valence-electron chi connectivity index (χ1n) is 9.60. The number of pyridine rings is 1. The SMILES string of the molecule is NS(=O)(=O)c1cc(NC(=O)c2c(C(F)(F)F)c(C3CC3)nn2CC2CC(F)(F)C2)ccn1. The van der Waals surface area contributed by atoms with Gasteiger partial charge in [0.05, 0.1) is 5.69 Å². The first-order chi connectivity index (χ1) is 14.7. The van der Waals surface area contributed by atoms with E-state index in [-0.39, 0.29) is 17.9 Å². The fraction of sp³-hybridized carbons (Fsp3) is 0.500. The number of nitrogens with two attached hydrogens (primary N) is 1. The lowest BCUT2D eigenvalue weighted by Crippen LogP contribution is -2.38. The number of hydrogen-bond donors (Lipinski definition) is 2. The Balaban J connectivity index is 1.71. The van der Waals surface area contributed by atoms with Crippen molar-refractivity contribution in [2.45, 2.75) is 55.3 Å². The van der Waals surface area contributed by atoms with Gasteiger partial charge in [-0.05, 0) is 24.8 Å². The lowest BCUT2D eigenvalue weighted by Gasteiger charge is -2.35. The molecule has 0 aliphatic heterocycles. The van der Waals surface area contributed by atoms with Crippen LogP contribution in [-0.2, 0) is 22.7 Å². The molecule has 0 spiro atoms. The van der Waals surface area contributed by atoms with Crippen molar-refractivity contribution < 1.29 is 35.2 Å². The molecule has 2 aliphatic carbocycles. The maximum Gasteiger partial charge on any atom is 0.420 e. The van der Waals surface area contributed by atoms with Crippen molar-refractivity contribution in [3.63, 3.8) is 0 Å². The maximum atomic E-state index is 13.9. The number of amides is 1. The standard InChI is InChI=1S/C18H18F5N5O3S/c19-17(20)6-9(7-17)8-28-15(13(18(21,22)23)14(27-28)10-1-2-10)16(29)26-11-3-4-25-12(5-11)32(24,30)31/h3-5,9-10H,1-2,6-8H2,(H2,24,30,31)(H,25,26,29). The van der Waals surface area contributed by atoms with Crippen LogP contribution in [0.5, 0.6) is 0 Å². The van der Waals surface area contributed by atoms with E-state index in [4.69, 9.17) is 5.14 Å². The second-order valence-corrected chi connectivity index (χ2v) is 9.58. The Kier molecular flexibility index (Phi) is 5.27. The summed E-state index contributed by atoms with van der Waals surface area (Å²) in [4.78, 5) is 16.5. The molecule has 14 heteroatoms. The number of aromatic nitrogens is 3. The summed E-state index contributed by atoms with van der Waals surface area (Å²) in [5.41, 5.74) is -2.44. The summed E-state index contributed by atoms with van der Waals surface area (Å²) in [6.07, 6.45) is -3.94. The van der Waals surface area contributed by atoms with Crippen molar-refractivity contribution in [1.29, 1.82) is 0 Å². The van der Waals surface area contributed by atoms with Crippen LogP contribution in [0.15, 0.2) is 23.4 Å². The number of anilines is 1. The third kappa shape index (κ3) is 4.60. The Hall–Kier alpha value is -2.61. The van der Waals surface area contributed by atoms with Crippen molar-refractivity contribution in [2.24, 2.45) is 11.1 Å². The Bertz CT molecular complexity index is 1170. The fourth-order valence-corrected chi connectivity index (χ4v) is 4.26. The van der Waals surface area contributed by atoms with Crippen molar-refractivity contribution in [1.82, 2.24) is 14.8 Å². The zero-order valence-corrected chi connectivity index (χ0v) is 17.2. The van der Waals surface area contributed by atoms with Crippen LogP contribution in [0.1, 0.15) is 53.3 Å². The fourth-order valence-electron chi connectivity index (χ4n) is 3.76. The topological polar surface area (TPSA) is 120 Å². The average molecular weight is 479 g/mol. The molecule has 2 saturated carbocycles. The van der Waals surface area contributed by atoms with Crippen LogP contribution in [0, 0.1) is 5.92 Å². The van der Waals surface area contributed by atoms with Gasteiger partial charge >= 0.3 is 6.18 Å². The molecule has 0 aromatic carbocycles. The molecule has 2 aliphatic rings. The van der Waals surface area contributed by atoms with Crippen LogP contribution in [0.4, 0.5) is 27.6 Å². The number of rotatable bonds is 6. The molecule has 174 valence electrons. The Morgan fingerprint density at radius 2 is 1.94 bits per heavy atom. The van der Waals surface area contributed by atoms with Gasteiger partial charge in [-0.2, -0.15) is 18.3 Å². The summed E-state index contributed by atoms with van der Waals surface area (Å²) < 4.78 is 92.0. The normalized spacial score (nSPS) is 18.9. The smallest absolute Gasteiger partial charge is 0.320 e. The molecule has 0 bridgehead atoms. The predicted octanol–water partition coefficient (Wildman–Crippen LogP) is 3.12. The van der Waals surface area contributed by atoms with Crippen molar-refractivity contribution in [2.75, 3.05) is 5.32 Å². The molecule has 2 heterocycles. The van der Waals surface area contributed by atoms with Gasteiger partial charge in [-0.1, -0.05) is 0 Å². The molecule has 8 nitrogen and oxygen atoms in total. The van der Waals surface area contributed by atoms with Gasteiger partial charge in [-0.3, -0.25) is 9.48 Å². The van der Waals surface area contributed by atoms with E-state index in [0.29, 0.717) is 12.8 Å². The molecule has 3 N–H and O–H groups in total. The predicted molar refractivity (Wildman–Crippen MR) is 100 cm³/mol. The van der Waals surface area contributed by atoms with E-state index in [1.807, 2.05) is 0 Å². The van der Waals surface area contributed by atoms with Gasteiger partial charge in [-0.15, -0.1) is 0 Å². The molecule has 1 amide bonds. The molecular weight excluding hydrogens is 461 g/mol. The lowest BCUT2D eigenvalue weighted by atomic mass is 9.81. The highest BCUT2D eigenvalue weighted by molar-refractivity contribution is 7.89. The highest BCUT2D eigenvalue weighted by atomic mass is 32.2. The third-order valence-electron chi connectivity index (χ3n) is 5.33. The number of primary sulfonamides is 1. The molecule has 0 radical (unpaired) electrons. The second kappa shape index (κ2) is 7.47. The summed E-state index contributed by atoms with van der Waals surface area (Å²) in [5.74, 6) is -5.17. The lowest BCUT2D eigenvalue weighted by molar-refractivity contribution is -0.138. The minimum atomic E-state index is -4.91. The van der Waals surface area contributed by atoms with Crippen LogP contribution in [-0.4, -0.2) is 35.0 Å². The second-order valence-electron chi connectivity index (χ2n) is 8.08. The van der Waals surface area contributed by atoms with E-state index in [1.54, 1.807) is 0 Å². The molecule has 2 aromatic rings. The number of halogens is 5. The van der Waals surface area contributed by atoms with Crippen molar-refractivity contribution >= 4 is 21.6 Å². The molecule has 0 unspecified atom stereocenters. The largest absolute Gasteiger partial charge is 0.420 e. The number of nitrogens with one attached hydrogen (secondary N) is 1. The summed E-state index contributed by atoms with van der Waals surface area (Å²) >= 11 is 0. The summed E-state index contributed by atoms with van der Waals surface area (Å²) in [6.45, 7) is -0.271. The first kappa shape index (κ1) is 22.6. The summed E-state index contributed by atoms with van der Waals surface area (Å²) in [7, 11) is -4.22. The quantitative estimate of drug-likeness (QED) is 0.617. The van der Waals surface area contributed by atoms with Crippen LogP contribution in [0.25, 0.3) is 0 Å². The molecular formula is C18H18F5N5O3S. The van der Waals surface area contributed by atoms with Gasteiger partial charge in [0.25, 0.3) is 15.9 Å². The Labute approximate surface area is 179 Å². The minimum absolute atomic E-state index is 0.155. The van der Waals surface area contributed by atoms with Gasteiger partial charge in [0.15, 0.2) is 5.03 Å². The maximum absolute atomic E-state index is 13.9. The molecule has 0 saturated heterocycles. The van der Waals surface area contributed by atoms with Gasteiger partial charge in [-0.25, -0.2) is 27.3 Å². The molecule has 2 fully saturated rings. The number of carbonyl (C=O) groups is 1. The van der Waals surface area contributed by atoms with Gasteiger partial charge in [0.1, 0.15) is 11.3 Å². The Morgan fingerprint density at radius 3 is 2.47 bits per heavy atom. The summed E-state index contributed by atoms with van der Waals surface area (Å²) in [5, 5.41) is 10.6. The first-order valence-corrected chi connectivity index (χ1v) is 11.2. The number of alkyl halides is 5. The summed E-state index contributed by atoms with van der Waals surface area (Å²) in [6, 6.07) is 2.07. The van der Waals surface area contributed by atoms with Gasteiger partial charge in [0, 0.05) is 43.3 Å². The number of hydrogen-bond acceptors (Lipinski definition) is 5. The number of nitrogens with zero attached hydrogens (tertiary/aromatic N) is 3. The van der Waals surface area contributed by atoms with Gasteiger partial charge in [0.2, 0.25) is 5.92 Å². The van der Waals surface area contributed by atoms with Crippen molar-refractivity contribution in [3.8, 4) is 0 Å². The number of sulfonamides is 1. The minimum Gasteiger partial charge on any atom is -0.320 e. The van der Waals surface area contributed by atoms with E-state index in [2.05, 4.69) is 15.4 Å². The zero-order valence-electron chi connectivity index (χ0n) is 16.4. The van der Waals surface area contributed by atoms with Gasteiger partial charge < -0.3 is 5.32 Å². The van der Waals surface area contributed by atoms with Crippen LogP contribution in [0.2, 0.25) is 0 Å². The van der Waals surface area contributed by atoms with Crippen LogP contribution < -0.4 is 10.5 Å². The van der Waals surface area contributed by atoms with E-state index >= 15 is 0 Å². The van der Waals surface area contributed by atoms with E-state index in [9.17, 15) is 35.2 Å². The zero-order chi connectivity index (χ0) is 23.5. The van der Waals surface area contributed by atoms with Crippen LogP contribution in [0.3, 0.4) is 0 Å².